The molecule has 0 aromatic carbocycles. The molecule has 0 aromatic rings. The second-order valence-corrected chi connectivity index (χ2v) is 6.45. The van der Waals surface area contributed by atoms with Crippen LogP contribution in [-0.2, 0) is 0 Å². The predicted octanol–water partition coefficient (Wildman–Crippen LogP) is 3.54. The minimum Gasteiger partial charge on any atom is -0.300 e. The van der Waals surface area contributed by atoms with Crippen LogP contribution in [0.2, 0.25) is 0 Å². The summed E-state index contributed by atoms with van der Waals surface area (Å²) in [6, 6.07) is 0.859. The van der Waals surface area contributed by atoms with Crippen molar-refractivity contribution >= 4 is 0 Å². The van der Waals surface area contributed by atoms with Gasteiger partial charge in [0.1, 0.15) is 0 Å². The summed E-state index contributed by atoms with van der Waals surface area (Å²) in [5.41, 5.74) is 0.490. The van der Waals surface area contributed by atoms with E-state index in [1.165, 1.54) is 32.4 Å². The van der Waals surface area contributed by atoms with Crippen LogP contribution in [0.25, 0.3) is 0 Å². The molecule has 1 aliphatic rings. The van der Waals surface area contributed by atoms with Crippen LogP contribution in [0.3, 0.4) is 0 Å². The molecule has 0 N–H and O–H groups in total. The summed E-state index contributed by atoms with van der Waals surface area (Å²) < 4.78 is 0. The molecule has 0 aliphatic carbocycles. The minimum atomic E-state index is 0.490. The van der Waals surface area contributed by atoms with Gasteiger partial charge in [-0.1, -0.05) is 34.6 Å². The van der Waals surface area contributed by atoms with Gasteiger partial charge in [0.25, 0.3) is 0 Å². The molecule has 1 heteroatoms. The molecular weight excluding hydrogens is 170 g/mol. The molecule has 1 fully saturated rings. The first-order chi connectivity index (χ1) is 6.38. The smallest absolute Gasteiger partial charge is 0.0101 e. The monoisotopic (exact) mass is 197 g/mol. The fourth-order valence-corrected chi connectivity index (χ4v) is 2.54. The van der Waals surface area contributed by atoms with Crippen LogP contribution in [-0.4, -0.2) is 24.0 Å². The van der Waals surface area contributed by atoms with E-state index < -0.39 is 0 Å². The van der Waals surface area contributed by atoms with E-state index in [0.717, 1.165) is 12.0 Å². The Labute approximate surface area is 89.9 Å². The molecule has 0 aromatic heterocycles. The Kier molecular flexibility index (Phi) is 4.00. The first-order valence-corrected chi connectivity index (χ1v) is 6.12. The van der Waals surface area contributed by atoms with Crippen molar-refractivity contribution in [3.63, 3.8) is 0 Å². The van der Waals surface area contributed by atoms with E-state index in [4.69, 9.17) is 0 Å². The number of hydrogen-bond donors (Lipinski definition) is 0. The first kappa shape index (κ1) is 12.0. The van der Waals surface area contributed by atoms with Gasteiger partial charge in [-0.3, -0.25) is 0 Å². The van der Waals surface area contributed by atoms with E-state index in [1.807, 2.05) is 0 Å². The molecule has 84 valence electrons. The molecule has 1 heterocycles. The van der Waals surface area contributed by atoms with Crippen molar-refractivity contribution in [2.45, 2.75) is 59.9 Å². The fourth-order valence-electron chi connectivity index (χ4n) is 2.54. The van der Waals surface area contributed by atoms with Crippen LogP contribution in [0.4, 0.5) is 0 Å². The third kappa shape index (κ3) is 4.00. The van der Waals surface area contributed by atoms with E-state index in [0.29, 0.717) is 5.41 Å². The summed E-state index contributed by atoms with van der Waals surface area (Å²) in [5.74, 6) is 0.815. The summed E-state index contributed by atoms with van der Waals surface area (Å²) in [6.07, 6.45) is 4.19. The Hall–Kier alpha value is -0.0400. The lowest BCUT2D eigenvalue weighted by Gasteiger charge is -2.31. The van der Waals surface area contributed by atoms with Gasteiger partial charge in [0, 0.05) is 12.6 Å². The predicted molar refractivity (Wildman–Crippen MR) is 63.5 cm³/mol. The van der Waals surface area contributed by atoms with Gasteiger partial charge in [-0.05, 0) is 37.1 Å². The second kappa shape index (κ2) is 4.65. The van der Waals surface area contributed by atoms with Gasteiger partial charge in [-0.15, -0.1) is 0 Å². The van der Waals surface area contributed by atoms with Crippen molar-refractivity contribution in [3.8, 4) is 0 Å². The van der Waals surface area contributed by atoms with Gasteiger partial charge in [0.05, 0.1) is 0 Å². The van der Waals surface area contributed by atoms with Gasteiger partial charge >= 0.3 is 0 Å². The zero-order chi connectivity index (χ0) is 10.8. The van der Waals surface area contributed by atoms with Gasteiger partial charge in [0.15, 0.2) is 0 Å². The summed E-state index contributed by atoms with van der Waals surface area (Å²) in [4.78, 5) is 2.70. The van der Waals surface area contributed by atoms with Gasteiger partial charge in [0.2, 0.25) is 0 Å². The standard InChI is InChI=1S/C13H27N/c1-11(2)10-14-8-6-7-12(14)9-13(3,4)5/h11-12H,6-10H2,1-5H3/t12-/m1/s1. The molecule has 0 radical (unpaired) electrons. The third-order valence-corrected chi connectivity index (χ3v) is 2.95. The van der Waals surface area contributed by atoms with E-state index in [9.17, 15) is 0 Å². The molecule has 0 bridgehead atoms. The molecule has 1 aliphatic heterocycles. The van der Waals surface area contributed by atoms with Crippen LogP contribution >= 0.6 is 0 Å². The maximum Gasteiger partial charge on any atom is 0.0101 e. The number of rotatable bonds is 3. The van der Waals surface area contributed by atoms with Gasteiger partial charge in [-0.25, -0.2) is 0 Å². The maximum absolute atomic E-state index is 2.70. The molecule has 14 heavy (non-hydrogen) atoms. The minimum absolute atomic E-state index is 0.490. The first-order valence-electron chi connectivity index (χ1n) is 6.12. The zero-order valence-corrected chi connectivity index (χ0v) is 10.6. The Morgan fingerprint density at radius 3 is 2.43 bits per heavy atom. The normalized spacial score (nSPS) is 24.9. The molecule has 1 nitrogen and oxygen atoms in total. The lowest BCUT2D eigenvalue weighted by Crippen LogP contribution is -2.35. The Balaban J connectivity index is 2.43. The van der Waals surface area contributed by atoms with Crippen LogP contribution in [0.15, 0.2) is 0 Å². The molecule has 0 spiro atoms. The summed E-state index contributed by atoms with van der Waals surface area (Å²) >= 11 is 0. The second-order valence-electron chi connectivity index (χ2n) is 6.45. The number of nitrogens with zero attached hydrogens (tertiary/aromatic N) is 1. The lowest BCUT2D eigenvalue weighted by molar-refractivity contribution is 0.176. The molecule has 1 saturated heterocycles. The average Bonchev–Trinajstić information content (AvgIpc) is 2.32. The zero-order valence-electron chi connectivity index (χ0n) is 10.6. The van der Waals surface area contributed by atoms with Crippen molar-refractivity contribution in [1.82, 2.24) is 4.90 Å². The molecule has 0 amide bonds. The number of hydrogen-bond acceptors (Lipinski definition) is 1. The topological polar surface area (TPSA) is 3.24 Å². The SMILES string of the molecule is CC(C)CN1CCC[C@@H]1CC(C)(C)C. The van der Waals surface area contributed by atoms with Crippen LogP contribution in [0, 0.1) is 11.3 Å². The van der Waals surface area contributed by atoms with Crippen molar-refractivity contribution in [2.24, 2.45) is 11.3 Å². The largest absolute Gasteiger partial charge is 0.300 e. The number of likely N-dealkylation sites (tertiary alicyclic amines) is 1. The van der Waals surface area contributed by atoms with Crippen molar-refractivity contribution < 1.29 is 0 Å². The van der Waals surface area contributed by atoms with E-state index in [-0.39, 0.29) is 0 Å². The Morgan fingerprint density at radius 2 is 1.93 bits per heavy atom. The van der Waals surface area contributed by atoms with Crippen LogP contribution in [0.1, 0.15) is 53.9 Å². The fraction of sp³-hybridized carbons (Fsp3) is 1.00. The highest BCUT2D eigenvalue weighted by atomic mass is 15.2. The van der Waals surface area contributed by atoms with Crippen LogP contribution in [0.5, 0.6) is 0 Å². The maximum atomic E-state index is 2.70. The molecular formula is C13H27N. The molecule has 1 rings (SSSR count). The van der Waals surface area contributed by atoms with E-state index in [1.54, 1.807) is 0 Å². The Morgan fingerprint density at radius 1 is 1.29 bits per heavy atom. The van der Waals surface area contributed by atoms with Crippen LogP contribution < -0.4 is 0 Å². The van der Waals surface area contributed by atoms with E-state index >= 15 is 0 Å². The van der Waals surface area contributed by atoms with Crippen molar-refractivity contribution in [1.29, 1.82) is 0 Å². The summed E-state index contributed by atoms with van der Waals surface area (Å²) in [7, 11) is 0. The summed E-state index contributed by atoms with van der Waals surface area (Å²) in [6.45, 7) is 14.4. The van der Waals surface area contributed by atoms with Gasteiger partial charge in [-0.2, -0.15) is 0 Å². The highest BCUT2D eigenvalue weighted by Gasteiger charge is 2.28. The quantitative estimate of drug-likeness (QED) is 0.669. The summed E-state index contributed by atoms with van der Waals surface area (Å²) in [5, 5.41) is 0. The molecule has 0 saturated carbocycles. The highest BCUT2D eigenvalue weighted by molar-refractivity contribution is 4.83. The molecule has 0 unspecified atom stereocenters. The Bertz CT molecular complexity index is 167. The molecule has 1 atom stereocenters. The van der Waals surface area contributed by atoms with Gasteiger partial charge < -0.3 is 4.90 Å². The average molecular weight is 197 g/mol. The highest BCUT2D eigenvalue weighted by Crippen LogP contribution is 2.30. The van der Waals surface area contributed by atoms with Crippen molar-refractivity contribution in [3.05, 3.63) is 0 Å². The lowest BCUT2D eigenvalue weighted by atomic mass is 9.87. The third-order valence-electron chi connectivity index (χ3n) is 2.95. The van der Waals surface area contributed by atoms with E-state index in [2.05, 4.69) is 39.5 Å². The van der Waals surface area contributed by atoms with Crippen molar-refractivity contribution in [2.75, 3.05) is 13.1 Å².